The summed E-state index contributed by atoms with van der Waals surface area (Å²) in [4.78, 5) is 29.8. The maximum Gasteiger partial charge on any atom is 0.344 e. The minimum atomic E-state index is -0.420. The third-order valence-electron chi connectivity index (χ3n) is 5.77. The standard InChI is InChI=1S/C29H18N2O4/c32-27(30-22-14-15-26-24(17-22)31-28(34-26)20-6-2-1-3-7-20)19-12-10-18(11-13-19)23-16-21-8-4-5-9-25(21)35-29(23)33/h1-17H,(H,30,32). The van der Waals surface area contributed by atoms with E-state index < -0.39 is 5.63 Å². The highest BCUT2D eigenvalue weighted by atomic mass is 16.4. The molecule has 1 amide bonds. The zero-order valence-electron chi connectivity index (χ0n) is 18.4. The van der Waals surface area contributed by atoms with Crippen LogP contribution < -0.4 is 10.9 Å². The summed E-state index contributed by atoms with van der Waals surface area (Å²) in [5.74, 6) is 0.256. The van der Waals surface area contributed by atoms with Gasteiger partial charge in [-0.3, -0.25) is 4.79 Å². The average molecular weight is 458 g/mol. The second-order valence-electron chi connectivity index (χ2n) is 8.08. The van der Waals surface area contributed by atoms with Crippen LogP contribution in [-0.4, -0.2) is 10.9 Å². The fourth-order valence-electron chi connectivity index (χ4n) is 3.98. The fourth-order valence-corrected chi connectivity index (χ4v) is 3.98. The van der Waals surface area contributed by atoms with Crippen molar-refractivity contribution in [2.75, 3.05) is 5.32 Å². The van der Waals surface area contributed by atoms with Crippen LogP contribution in [-0.2, 0) is 0 Å². The maximum atomic E-state index is 12.8. The number of fused-ring (bicyclic) bond motifs is 2. The number of rotatable bonds is 4. The number of nitrogens with zero attached hydrogens (tertiary/aromatic N) is 1. The first-order chi connectivity index (χ1) is 17.1. The van der Waals surface area contributed by atoms with Gasteiger partial charge in [0.2, 0.25) is 5.89 Å². The van der Waals surface area contributed by atoms with Crippen LogP contribution in [0.2, 0.25) is 0 Å². The molecule has 1 N–H and O–H groups in total. The topological polar surface area (TPSA) is 85.3 Å². The summed E-state index contributed by atoms with van der Waals surface area (Å²) >= 11 is 0. The lowest BCUT2D eigenvalue weighted by atomic mass is 10.0. The second-order valence-corrected chi connectivity index (χ2v) is 8.08. The van der Waals surface area contributed by atoms with E-state index >= 15 is 0 Å². The molecule has 6 aromatic rings. The molecule has 0 fully saturated rings. The van der Waals surface area contributed by atoms with E-state index in [4.69, 9.17) is 8.83 Å². The SMILES string of the molecule is O=C(Nc1ccc2oc(-c3ccccc3)nc2c1)c1ccc(-c2cc3ccccc3oc2=O)cc1. The molecule has 4 aromatic carbocycles. The number of hydrogen-bond donors (Lipinski definition) is 1. The van der Waals surface area contributed by atoms with Gasteiger partial charge in [0.05, 0.1) is 5.56 Å². The number of para-hydroxylation sites is 1. The largest absolute Gasteiger partial charge is 0.436 e. The Labute approximate surface area is 199 Å². The van der Waals surface area contributed by atoms with E-state index in [1.165, 1.54) is 0 Å². The van der Waals surface area contributed by atoms with Gasteiger partial charge in [0, 0.05) is 22.2 Å². The minimum Gasteiger partial charge on any atom is -0.436 e. The molecule has 0 saturated heterocycles. The van der Waals surface area contributed by atoms with E-state index in [9.17, 15) is 9.59 Å². The predicted molar refractivity (Wildman–Crippen MR) is 135 cm³/mol. The van der Waals surface area contributed by atoms with E-state index in [0.29, 0.717) is 45.0 Å². The molecule has 0 spiro atoms. The first kappa shape index (κ1) is 20.6. The second kappa shape index (κ2) is 8.43. The molecular weight excluding hydrogens is 440 g/mol. The summed E-state index contributed by atoms with van der Waals surface area (Å²) in [7, 11) is 0. The van der Waals surface area contributed by atoms with Crippen LogP contribution in [0.1, 0.15) is 10.4 Å². The Hall–Kier alpha value is -4.97. The van der Waals surface area contributed by atoms with Gasteiger partial charge in [-0.2, -0.15) is 0 Å². The zero-order chi connectivity index (χ0) is 23.8. The van der Waals surface area contributed by atoms with Gasteiger partial charge in [-0.25, -0.2) is 9.78 Å². The third kappa shape index (κ3) is 3.98. The summed E-state index contributed by atoms with van der Waals surface area (Å²) in [6.45, 7) is 0. The van der Waals surface area contributed by atoms with Crippen LogP contribution in [0.5, 0.6) is 0 Å². The molecule has 2 aromatic heterocycles. The predicted octanol–water partition coefficient (Wildman–Crippen LogP) is 6.52. The summed E-state index contributed by atoms with van der Waals surface area (Å²) < 4.78 is 11.3. The van der Waals surface area contributed by atoms with Crippen LogP contribution in [0, 0.1) is 0 Å². The summed E-state index contributed by atoms with van der Waals surface area (Å²) in [6, 6.07) is 31.0. The number of carbonyl (C=O) groups excluding carboxylic acids is 1. The molecule has 35 heavy (non-hydrogen) atoms. The van der Waals surface area contributed by atoms with Crippen molar-refractivity contribution in [1.29, 1.82) is 0 Å². The Morgan fingerprint density at radius 3 is 2.31 bits per heavy atom. The summed E-state index contributed by atoms with van der Waals surface area (Å²) in [6.07, 6.45) is 0. The lowest BCUT2D eigenvalue weighted by Gasteiger charge is -2.07. The van der Waals surface area contributed by atoms with Crippen molar-refractivity contribution in [2.24, 2.45) is 0 Å². The van der Waals surface area contributed by atoms with E-state index in [1.807, 2.05) is 48.5 Å². The minimum absolute atomic E-state index is 0.270. The van der Waals surface area contributed by atoms with Gasteiger partial charge < -0.3 is 14.2 Å². The molecule has 0 aliphatic rings. The highest BCUT2D eigenvalue weighted by molar-refractivity contribution is 6.05. The molecule has 0 bridgehead atoms. The Balaban J connectivity index is 1.23. The van der Waals surface area contributed by atoms with Crippen molar-refractivity contribution in [1.82, 2.24) is 4.98 Å². The monoisotopic (exact) mass is 458 g/mol. The number of amides is 1. The van der Waals surface area contributed by atoms with Gasteiger partial charge in [-0.15, -0.1) is 0 Å². The highest BCUT2D eigenvalue weighted by Crippen LogP contribution is 2.27. The number of hydrogen-bond acceptors (Lipinski definition) is 5. The van der Waals surface area contributed by atoms with Crippen LogP contribution in [0.15, 0.2) is 117 Å². The van der Waals surface area contributed by atoms with Gasteiger partial charge in [-0.1, -0.05) is 48.5 Å². The van der Waals surface area contributed by atoms with Crippen LogP contribution in [0.3, 0.4) is 0 Å². The van der Waals surface area contributed by atoms with E-state index in [0.717, 1.165) is 10.9 Å². The quantitative estimate of drug-likeness (QED) is 0.304. The van der Waals surface area contributed by atoms with Gasteiger partial charge in [0.15, 0.2) is 5.58 Å². The number of nitrogens with one attached hydrogen (secondary N) is 1. The van der Waals surface area contributed by atoms with Gasteiger partial charge in [0.1, 0.15) is 11.1 Å². The number of carbonyl (C=O) groups is 1. The molecule has 0 atom stereocenters. The molecule has 0 aliphatic carbocycles. The molecule has 168 valence electrons. The normalized spacial score (nSPS) is 11.1. The van der Waals surface area contributed by atoms with Crippen LogP contribution in [0.25, 0.3) is 44.7 Å². The Bertz CT molecular complexity index is 1750. The molecule has 0 radical (unpaired) electrons. The first-order valence-corrected chi connectivity index (χ1v) is 11.0. The highest BCUT2D eigenvalue weighted by Gasteiger charge is 2.12. The molecule has 6 rings (SSSR count). The Morgan fingerprint density at radius 2 is 1.49 bits per heavy atom. The molecule has 2 heterocycles. The summed E-state index contributed by atoms with van der Waals surface area (Å²) in [5.41, 5.74) is 4.49. The van der Waals surface area contributed by atoms with Crippen molar-refractivity contribution in [3.05, 3.63) is 119 Å². The fraction of sp³-hybridized carbons (Fsp3) is 0. The number of aromatic nitrogens is 1. The number of anilines is 1. The molecule has 6 nitrogen and oxygen atoms in total. The Kier molecular flexibility index (Phi) is 4.96. The van der Waals surface area contributed by atoms with Crippen LogP contribution in [0.4, 0.5) is 5.69 Å². The van der Waals surface area contributed by atoms with E-state index in [2.05, 4.69) is 10.3 Å². The Morgan fingerprint density at radius 1 is 0.714 bits per heavy atom. The molecule has 0 saturated carbocycles. The van der Waals surface area contributed by atoms with Crippen molar-refractivity contribution in [2.45, 2.75) is 0 Å². The number of oxazole rings is 1. The lowest BCUT2D eigenvalue weighted by molar-refractivity contribution is 0.102. The summed E-state index contributed by atoms with van der Waals surface area (Å²) in [5, 5.41) is 3.73. The molecule has 0 unspecified atom stereocenters. The average Bonchev–Trinajstić information content (AvgIpc) is 3.32. The first-order valence-electron chi connectivity index (χ1n) is 11.0. The van der Waals surface area contributed by atoms with Crippen LogP contribution >= 0.6 is 0 Å². The van der Waals surface area contributed by atoms with Gasteiger partial charge >= 0.3 is 5.63 Å². The van der Waals surface area contributed by atoms with Crippen molar-refractivity contribution in [3.8, 4) is 22.6 Å². The van der Waals surface area contributed by atoms with E-state index in [1.54, 1.807) is 54.6 Å². The van der Waals surface area contributed by atoms with Crippen molar-refractivity contribution in [3.63, 3.8) is 0 Å². The molecular formula is C29H18N2O4. The zero-order valence-corrected chi connectivity index (χ0v) is 18.4. The van der Waals surface area contributed by atoms with Gasteiger partial charge in [0.25, 0.3) is 5.91 Å². The van der Waals surface area contributed by atoms with E-state index in [-0.39, 0.29) is 5.91 Å². The third-order valence-corrected chi connectivity index (χ3v) is 5.77. The molecule has 6 heteroatoms. The maximum absolute atomic E-state index is 12.8. The van der Waals surface area contributed by atoms with Gasteiger partial charge in [-0.05, 0) is 60.2 Å². The lowest BCUT2D eigenvalue weighted by Crippen LogP contribution is -2.11. The molecule has 0 aliphatic heterocycles. The van der Waals surface area contributed by atoms with Crippen molar-refractivity contribution < 1.29 is 13.6 Å². The van der Waals surface area contributed by atoms with Crippen molar-refractivity contribution >= 4 is 33.7 Å². The number of benzene rings is 4. The smallest absolute Gasteiger partial charge is 0.344 e.